The standard InChI is InChI=1S/C11H11BrFNO2/c1-6-3-8(12)9(13)5-10(6)14-11(16)4-7(2)15/h3,5H,4H2,1-2H3,(H,14,16). The Bertz CT molecular complexity index is 446. The van der Waals surface area contributed by atoms with Gasteiger partial charge in [0, 0.05) is 5.69 Å². The monoisotopic (exact) mass is 287 g/mol. The summed E-state index contributed by atoms with van der Waals surface area (Å²) >= 11 is 3.04. The van der Waals surface area contributed by atoms with Crippen molar-refractivity contribution >= 4 is 33.3 Å². The van der Waals surface area contributed by atoms with E-state index in [0.717, 1.165) is 5.56 Å². The number of Topliss-reactive ketones (excluding diaryl/α,β-unsaturated/α-hetero) is 1. The second kappa shape index (κ2) is 5.21. The first-order valence-corrected chi connectivity index (χ1v) is 5.44. The molecule has 0 saturated carbocycles. The SMILES string of the molecule is CC(=O)CC(=O)Nc1cc(F)c(Br)cc1C. The second-order valence-electron chi connectivity index (χ2n) is 3.51. The first-order chi connectivity index (χ1) is 7.40. The fourth-order valence-corrected chi connectivity index (χ4v) is 1.66. The molecule has 0 aliphatic rings. The molecule has 1 rings (SSSR count). The third-order valence-corrected chi connectivity index (χ3v) is 2.56. The van der Waals surface area contributed by atoms with Gasteiger partial charge >= 0.3 is 0 Å². The molecule has 0 fully saturated rings. The smallest absolute Gasteiger partial charge is 0.231 e. The molecule has 16 heavy (non-hydrogen) atoms. The van der Waals surface area contributed by atoms with Crippen LogP contribution < -0.4 is 5.32 Å². The number of amides is 1. The number of ketones is 1. The van der Waals surface area contributed by atoms with E-state index in [-0.39, 0.29) is 12.2 Å². The van der Waals surface area contributed by atoms with E-state index in [1.807, 2.05) is 0 Å². The molecule has 0 aliphatic heterocycles. The highest BCUT2D eigenvalue weighted by Gasteiger charge is 2.09. The molecule has 0 atom stereocenters. The largest absolute Gasteiger partial charge is 0.325 e. The van der Waals surface area contributed by atoms with Crippen LogP contribution in [0, 0.1) is 12.7 Å². The quantitative estimate of drug-likeness (QED) is 0.869. The molecule has 5 heteroatoms. The highest BCUT2D eigenvalue weighted by atomic mass is 79.9. The number of benzene rings is 1. The summed E-state index contributed by atoms with van der Waals surface area (Å²) < 4.78 is 13.5. The van der Waals surface area contributed by atoms with E-state index in [9.17, 15) is 14.0 Å². The van der Waals surface area contributed by atoms with Crippen molar-refractivity contribution in [2.24, 2.45) is 0 Å². The van der Waals surface area contributed by atoms with Crippen molar-refractivity contribution in [2.45, 2.75) is 20.3 Å². The van der Waals surface area contributed by atoms with Gasteiger partial charge in [0.2, 0.25) is 5.91 Å². The van der Waals surface area contributed by atoms with Crippen LogP contribution in [-0.2, 0) is 9.59 Å². The van der Waals surface area contributed by atoms with Gasteiger partial charge in [-0.2, -0.15) is 0 Å². The maximum atomic E-state index is 13.2. The van der Waals surface area contributed by atoms with Crippen molar-refractivity contribution in [3.05, 3.63) is 28.0 Å². The molecule has 0 aliphatic carbocycles. The van der Waals surface area contributed by atoms with E-state index in [4.69, 9.17) is 0 Å². The van der Waals surface area contributed by atoms with Crippen LogP contribution in [0.4, 0.5) is 10.1 Å². The van der Waals surface area contributed by atoms with Crippen LogP contribution in [-0.4, -0.2) is 11.7 Å². The van der Waals surface area contributed by atoms with Crippen molar-refractivity contribution in [3.63, 3.8) is 0 Å². The number of nitrogens with one attached hydrogen (secondary N) is 1. The normalized spacial score (nSPS) is 10.0. The molecule has 0 aromatic heterocycles. The summed E-state index contributed by atoms with van der Waals surface area (Å²) in [5, 5.41) is 2.49. The van der Waals surface area contributed by atoms with Crippen LogP contribution >= 0.6 is 15.9 Å². The van der Waals surface area contributed by atoms with Gasteiger partial charge < -0.3 is 5.32 Å². The van der Waals surface area contributed by atoms with Gasteiger partial charge in [0.15, 0.2) is 0 Å². The number of hydrogen-bond donors (Lipinski definition) is 1. The van der Waals surface area contributed by atoms with Crippen molar-refractivity contribution in [3.8, 4) is 0 Å². The maximum Gasteiger partial charge on any atom is 0.231 e. The number of hydrogen-bond acceptors (Lipinski definition) is 2. The van der Waals surface area contributed by atoms with Gasteiger partial charge in [-0.3, -0.25) is 9.59 Å². The second-order valence-corrected chi connectivity index (χ2v) is 4.36. The van der Waals surface area contributed by atoms with Crippen LogP contribution in [0.3, 0.4) is 0 Å². The zero-order valence-corrected chi connectivity index (χ0v) is 10.5. The summed E-state index contributed by atoms with van der Waals surface area (Å²) in [7, 11) is 0. The molecule has 0 radical (unpaired) electrons. The van der Waals surface area contributed by atoms with Crippen LogP contribution in [0.1, 0.15) is 18.9 Å². The van der Waals surface area contributed by atoms with Gasteiger partial charge in [0.05, 0.1) is 10.9 Å². The Kier molecular flexibility index (Phi) is 4.18. The van der Waals surface area contributed by atoms with E-state index in [1.165, 1.54) is 13.0 Å². The van der Waals surface area contributed by atoms with Crippen LogP contribution in [0.25, 0.3) is 0 Å². The Morgan fingerprint density at radius 1 is 1.44 bits per heavy atom. The third-order valence-electron chi connectivity index (χ3n) is 1.95. The summed E-state index contributed by atoms with van der Waals surface area (Å²) in [5.74, 6) is -1.12. The first-order valence-electron chi connectivity index (χ1n) is 4.65. The summed E-state index contributed by atoms with van der Waals surface area (Å²) in [6, 6.07) is 2.79. The zero-order valence-electron chi connectivity index (χ0n) is 8.93. The van der Waals surface area contributed by atoms with Crippen molar-refractivity contribution in [2.75, 3.05) is 5.32 Å². The molecular formula is C11H11BrFNO2. The number of carbonyl (C=O) groups excluding carboxylic acids is 2. The number of carbonyl (C=O) groups is 2. The van der Waals surface area contributed by atoms with Gasteiger partial charge in [-0.15, -0.1) is 0 Å². The Morgan fingerprint density at radius 2 is 2.06 bits per heavy atom. The zero-order chi connectivity index (χ0) is 12.3. The van der Waals surface area contributed by atoms with Gasteiger partial charge in [-0.05, 0) is 47.5 Å². The Morgan fingerprint density at radius 3 is 2.62 bits per heavy atom. The predicted molar refractivity (Wildman–Crippen MR) is 62.8 cm³/mol. The molecule has 86 valence electrons. The van der Waals surface area contributed by atoms with Gasteiger partial charge in [0.25, 0.3) is 0 Å². The number of rotatable bonds is 3. The highest BCUT2D eigenvalue weighted by molar-refractivity contribution is 9.10. The Hall–Kier alpha value is -1.23. The summed E-state index contributed by atoms with van der Waals surface area (Å²) in [6.07, 6.45) is -0.197. The molecule has 1 aromatic carbocycles. The predicted octanol–water partition coefficient (Wildman–Crippen LogP) is 2.81. The van der Waals surface area contributed by atoms with E-state index in [2.05, 4.69) is 21.2 Å². The molecule has 3 nitrogen and oxygen atoms in total. The molecule has 1 amide bonds. The minimum absolute atomic E-state index is 0.197. The lowest BCUT2D eigenvalue weighted by Crippen LogP contribution is -2.15. The lowest BCUT2D eigenvalue weighted by atomic mass is 10.2. The molecule has 0 bridgehead atoms. The molecule has 0 unspecified atom stereocenters. The summed E-state index contributed by atoms with van der Waals surface area (Å²) in [5.41, 5.74) is 1.11. The van der Waals surface area contributed by atoms with Gasteiger partial charge in [-0.1, -0.05) is 0 Å². The molecule has 1 aromatic rings. The molecular weight excluding hydrogens is 277 g/mol. The third kappa shape index (κ3) is 3.41. The van der Waals surface area contributed by atoms with Gasteiger partial charge in [-0.25, -0.2) is 4.39 Å². The van der Waals surface area contributed by atoms with Gasteiger partial charge in [0.1, 0.15) is 11.6 Å². The topological polar surface area (TPSA) is 46.2 Å². The average Bonchev–Trinajstić information content (AvgIpc) is 2.12. The Labute approximate surface area is 101 Å². The van der Waals surface area contributed by atoms with Crippen LogP contribution in [0.5, 0.6) is 0 Å². The minimum Gasteiger partial charge on any atom is -0.325 e. The molecule has 0 saturated heterocycles. The maximum absolute atomic E-state index is 13.2. The first kappa shape index (κ1) is 12.8. The number of anilines is 1. The van der Waals surface area contributed by atoms with Crippen molar-refractivity contribution in [1.29, 1.82) is 0 Å². The van der Waals surface area contributed by atoms with Crippen molar-refractivity contribution < 1.29 is 14.0 Å². The molecule has 1 N–H and O–H groups in total. The number of aryl methyl sites for hydroxylation is 1. The minimum atomic E-state index is -0.455. The highest BCUT2D eigenvalue weighted by Crippen LogP contribution is 2.23. The average molecular weight is 288 g/mol. The summed E-state index contributed by atoms with van der Waals surface area (Å²) in [6.45, 7) is 3.07. The number of halogens is 2. The van der Waals surface area contributed by atoms with Crippen LogP contribution in [0.15, 0.2) is 16.6 Å². The lowest BCUT2D eigenvalue weighted by Gasteiger charge is -2.08. The van der Waals surface area contributed by atoms with E-state index >= 15 is 0 Å². The van der Waals surface area contributed by atoms with Crippen LogP contribution in [0.2, 0.25) is 0 Å². The van der Waals surface area contributed by atoms with E-state index in [1.54, 1.807) is 13.0 Å². The van der Waals surface area contributed by atoms with Crippen molar-refractivity contribution in [1.82, 2.24) is 0 Å². The Balaban J connectivity index is 2.85. The molecule has 0 heterocycles. The fraction of sp³-hybridized carbons (Fsp3) is 0.273. The summed E-state index contributed by atoms with van der Waals surface area (Å²) in [4.78, 5) is 22.0. The lowest BCUT2D eigenvalue weighted by molar-refractivity contribution is -0.124. The van der Waals surface area contributed by atoms with E-state index < -0.39 is 11.7 Å². The molecule has 0 spiro atoms. The fourth-order valence-electron chi connectivity index (χ4n) is 1.20. The van der Waals surface area contributed by atoms with E-state index in [0.29, 0.717) is 10.2 Å².